The van der Waals surface area contributed by atoms with E-state index in [2.05, 4.69) is 0 Å². The predicted octanol–water partition coefficient (Wildman–Crippen LogP) is 2.99. The molecule has 0 fully saturated rings. The van der Waals surface area contributed by atoms with E-state index in [0.717, 1.165) is 6.07 Å². The van der Waals surface area contributed by atoms with Gasteiger partial charge in [-0.3, -0.25) is 10.2 Å². The minimum atomic E-state index is -4.75. The van der Waals surface area contributed by atoms with Crippen LogP contribution in [0.15, 0.2) is 47.4 Å². The molecule has 0 spiro atoms. The zero-order valence-electron chi connectivity index (χ0n) is 13.1. The highest BCUT2D eigenvalue weighted by atomic mass is 35.5. The summed E-state index contributed by atoms with van der Waals surface area (Å²) in [6.45, 7) is 0. The monoisotopic (exact) mass is 408 g/mol. The standard InChI is InChI=1S/C15H12ClF3N2O4S/c1-25-11-5-2-9(3-6-11)14(22)20-21-26(23,24)13-8-10(15(17,18)19)4-7-12(13)16/h2-8,21H,1H3,(H,20,22). The molecule has 0 heterocycles. The molecule has 140 valence electrons. The lowest BCUT2D eigenvalue weighted by molar-refractivity contribution is -0.137. The third kappa shape index (κ3) is 4.65. The van der Waals surface area contributed by atoms with Crippen LogP contribution in [0.3, 0.4) is 0 Å². The number of carbonyl (C=O) groups excluding carboxylic acids is 1. The van der Waals surface area contributed by atoms with Crippen LogP contribution < -0.4 is 15.0 Å². The third-order valence-electron chi connectivity index (χ3n) is 3.20. The minimum absolute atomic E-state index is 0.101. The average molecular weight is 409 g/mol. The van der Waals surface area contributed by atoms with Crippen molar-refractivity contribution in [3.8, 4) is 5.75 Å². The van der Waals surface area contributed by atoms with E-state index in [1.807, 2.05) is 5.43 Å². The lowest BCUT2D eigenvalue weighted by atomic mass is 10.2. The highest BCUT2D eigenvalue weighted by molar-refractivity contribution is 7.89. The maximum atomic E-state index is 12.7. The summed E-state index contributed by atoms with van der Waals surface area (Å²) in [7, 11) is -3.10. The zero-order chi connectivity index (χ0) is 19.5. The highest BCUT2D eigenvalue weighted by Gasteiger charge is 2.32. The minimum Gasteiger partial charge on any atom is -0.497 e. The highest BCUT2D eigenvalue weighted by Crippen LogP contribution is 2.33. The van der Waals surface area contributed by atoms with Crippen molar-refractivity contribution in [2.24, 2.45) is 0 Å². The van der Waals surface area contributed by atoms with Crippen molar-refractivity contribution in [3.63, 3.8) is 0 Å². The van der Waals surface area contributed by atoms with Gasteiger partial charge in [0.15, 0.2) is 0 Å². The van der Waals surface area contributed by atoms with E-state index in [0.29, 0.717) is 17.9 Å². The molecule has 0 unspecified atom stereocenters. The second kappa shape index (κ2) is 7.52. The number of amides is 1. The molecule has 0 aliphatic carbocycles. The molecule has 0 saturated carbocycles. The fourth-order valence-corrected chi connectivity index (χ4v) is 3.23. The van der Waals surface area contributed by atoms with Gasteiger partial charge in [-0.2, -0.15) is 13.2 Å². The van der Waals surface area contributed by atoms with Crippen LogP contribution in [0.4, 0.5) is 13.2 Å². The third-order valence-corrected chi connectivity index (χ3v) is 4.93. The summed E-state index contributed by atoms with van der Waals surface area (Å²) in [5.74, 6) is -0.336. The van der Waals surface area contributed by atoms with Crippen LogP contribution in [0.1, 0.15) is 15.9 Å². The summed E-state index contributed by atoms with van der Waals surface area (Å²) < 4.78 is 67.5. The number of halogens is 4. The van der Waals surface area contributed by atoms with E-state index >= 15 is 0 Å². The molecular weight excluding hydrogens is 397 g/mol. The second-order valence-corrected chi connectivity index (χ2v) is 6.99. The quantitative estimate of drug-likeness (QED) is 0.745. The van der Waals surface area contributed by atoms with Crippen molar-refractivity contribution in [1.82, 2.24) is 10.3 Å². The molecule has 0 radical (unpaired) electrons. The first-order valence-electron chi connectivity index (χ1n) is 6.87. The summed E-state index contributed by atoms with van der Waals surface area (Å²) in [5, 5.41) is -0.427. The summed E-state index contributed by atoms with van der Waals surface area (Å²) in [5.41, 5.74) is 0.813. The van der Waals surface area contributed by atoms with E-state index in [1.54, 1.807) is 4.83 Å². The number of alkyl halides is 3. The van der Waals surface area contributed by atoms with E-state index in [-0.39, 0.29) is 5.56 Å². The number of sulfonamides is 1. The van der Waals surface area contributed by atoms with Crippen molar-refractivity contribution >= 4 is 27.5 Å². The molecule has 0 aromatic heterocycles. The van der Waals surface area contributed by atoms with Crippen molar-refractivity contribution in [2.45, 2.75) is 11.1 Å². The summed E-state index contributed by atoms with van der Waals surface area (Å²) >= 11 is 5.68. The lowest BCUT2D eigenvalue weighted by Crippen LogP contribution is -2.41. The Labute approximate surface area is 151 Å². The SMILES string of the molecule is COc1ccc(C(=O)NNS(=O)(=O)c2cc(C(F)(F)F)ccc2Cl)cc1. The normalized spacial score (nSPS) is 11.9. The van der Waals surface area contributed by atoms with Crippen LogP contribution >= 0.6 is 11.6 Å². The molecule has 0 aliphatic rings. The molecule has 0 aliphatic heterocycles. The van der Waals surface area contributed by atoms with E-state index in [9.17, 15) is 26.4 Å². The molecule has 2 aromatic carbocycles. The van der Waals surface area contributed by atoms with E-state index < -0.39 is 37.6 Å². The van der Waals surface area contributed by atoms with Gasteiger partial charge in [-0.15, -0.1) is 4.83 Å². The Bertz CT molecular complexity index is 915. The number of hydrogen-bond donors (Lipinski definition) is 2. The van der Waals surface area contributed by atoms with Crippen molar-refractivity contribution in [2.75, 3.05) is 7.11 Å². The molecular formula is C15H12ClF3N2O4S. The van der Waals surface area contributed by atoms with Crippen LogP contribution in [0, 0.1) is 0 Å². The van der Waals surface area contributed by atoms with Gasteiger partial charge >= 0.3 is 6.18 Å². The Morgan fingerprint density at radius 2 is 1.73 bits per heavy atom. The van der Waals surface area contributed by atoms with E-state index in [4.69, 9.17) is 16.3 Å². The first-order chi connectivity index (χ1) is 12.0. The predicted molar refractivity (Wildman–Crippen MR) is 87.2 cm³/mol. The van der Waals surface area contributed by atoms with Crippen LogP contribution in [0.5, 0.6) is 5.75 Å². The number of benzene rings is 2. The molecule has 26 heavy (non-hydrogen) atoms. The molecule has 6 nitrogen and oxygen atoms in total. The molecule has 2 rings (SSSR count). The maximum absolute atomic E-state index is 12.7. The zero-order valence-corrected chi connectivity index (χ0v) is 14.7. The largest absolute Gasteiger partial charge is 0.497 e. The Morgan fingerprint density at radius 1 is 1.12 bits per heavy atom. The molecule has 11 heteroatoms. The van der Waals surface area contributed by atoms with Crippen LogP contribution in [0.25, 0.3) is 0 Å². The van der Waals surface area contributed by atoms with Gasteiger partial charge in [0.05, 0.1) is 17.7 Å². The van der Waals surface area contributed by atoms with Gasteiger partial charge in [-0.05, 0) is 42.5 Å². The topological polar surface area (TPSA) is 84.5 Å². The number of rotatable bonds is 5. The number of carbonyl (C=O) groups is 1. The smallest absolute Gasteiger partial charge is 0.416 e. The molecule has 0 atom stereocenters. The Kier molecular flexibility index (Phi) is 5.79. The number of nitrogens with one attached hydrogen (secondary N) is 2. The number of ether oxygens (including phenoxy) is 1. The van der Waals surface area contributed by atoms with Gasteiger partial charge in [0.25, 0.3) is 15.9 Å². The van der Waals surface area contributed by atoms with Crippen molar-refractivity contribution in [3.05, 3.63) is 58.6 Å². The number of hydrogen-bond acceptors (Lipinski definition) is 4. The van der Waals surface area contributed by atoms with Crippen LogP contribution in [0.2, 0.25) is 5.02 Å². The molecule has 2 aromatic rings. The number of hydrazine groups is 1. The fraction of sp³-hybridized carbons (Fsp3) is 0.133. The second-order valence-electron chi connectivity index (χ2n) is 4.93. The molecule has 0 bridgehead atoms. The molecule has 2 N–H and O–H groups in total. The van der Waals surface area contributed by atoms with Crippen molar-refractivity contribution in [1.29, 1.82) is 0 Å². The fourth-order valence-electron chi connectivity index (χ4n) is 1.87. The first-order valence-corrected chi connectivity index (χ1v) is 8.73. The van der Waals surface area contributed by atoms with E-state index in [1.165, 1.54) is 31.4 Å². The summed E-state index contributed by atoms with van der Waals surface area (Å²) in [4.78, 5) is 12.8. The number of methoxy groups -OCH3 is 1. The average Bonchev–Trinajstić information content (AvgIpc) is 2.59. The Hall–Kier alpha value is -2.30. The summed E-state index contributed by atoms with van der Waals surface area (Å²) in [6.07, 6.45) is -4.75. The van der Waals surface area contributed by atoms with Gasteiger partial charge in [-0.25, -0.2) is 8.42 Å². The first kappa shape index (κ1) is 20.0. The summed E-state index contributed by atoms with van der Waals surface area (Å²) in [6, 6.07) is 7.55. The van der Waals surface area contributed by atoms with Gasteiger partial charge in [-0.1, -0.05) is 11.6 Å². The molecule has 0 saturated heterocycles. The lowest BCUT2D eigenvalue weighted by Gasteiger charge is -2.12. The van der Waals surface area contributed by atoms with Crippen molar-refractivity contribution < 1.29 is 31.1 Å². The van der Waals surface area contributed by atoms with Gasteiger partial charge in [0, 0.05) is 5.56 Å². The van der Waals surface area contributed by atoms with Gasteiger partial charge in [0.1, 0.15) is 10.6 Å². The van der Waals surface area contributed by atoms with Gasteiger partial charge < -0.3 is 4.74 Å². The Morgan fingerprint density at radius 3 is 2.27 bits per heavy atom. The Balaban J connectivity index is 2.19. The molecule has 1 amide bonds. The van der Waals surface area contributed by atoms with Crippen LogP contribution in [-0.2, 0) is 16.2 Å². The maximum Gasteiger partial charge on any atom is 0.416 e. The van der Waals surface area contributed by atoms with Crippen LogP contribution in [-0.4, -0.2) is 21.4 Å². The van der Waals surface area contributed by atoms with Gasteiger partial charge in [0.2, 0.25) is 0 Å².